The van der Waals surface area contributed by atoms with Crippen LogP contribution in [-0.2, 0) is 0 Å². The number of benzene rings is 1. The first kappa shape index (κ1) is 15.6. The molecule has 1 fully saturated rings. The lowest BCUT2D eigenvalue weighted by molar-refractivity contribution is -0.385. The molecule has 0 radical (unpaired) electrons. The number of hydrogen-bond acceptors (Lipinski definition) is 4. The van der Waals surface area contributed by atoms with Gasteiger partial charge in [0.1, 0.15) is 0 Å². The molecule has 5 nitrogen and oxygen atoms in total. The normalized spacial score (nSPS) is 15.6. The molecule has 1 aromatic rings. The maximum Gasteiger partial charge on any atom is 0.270 e. The molecule has 1 aliphatic rings. The van der Waals surface area contributed by atoms with Gasteiger partial charge in [0.05, 0.1) is 11.5 Å². The number of rotatable bonds is 6. The van der Waals surface area contributed by atoms with Crippen molar-refractivity contribution in [2.75, 3.05) is 18.1 Å². The summed E-state index contributed by atoms with van der Waals surface area (Å²) in [5, 5.41) is 19.9. The van der Waals surface area contributed by atoms with Crippen molar-refractivity contribution in [1.82, 2.24) is 0 Å². The maximum absolute atomic E-state index is 13.2. The van der Waals surface area contributed by atoms with Crippen molar-refractivity contribution >= 4 is 11.4 Å². The number of nitrogens with zero attached hydrogens (tertiary/aromatic N) is 2. The lowest BCUT2D eigenvalue weighted by atomic mass is 10.1. The molecule has 1 aromatic carbocycles. The summed E-state index contributed by atoms with van der Waals surface area (Å²) in [5.41, 5.74) is -0.398. The van der Waals surface area contributed by atoms with Gasteiger partial charge in [0.15, 0.2) is 0 Å². The molecule has 116 valence electrons. The van der Waals surface area contributed by atoms with Crippen molar-refractivity contribution < 1.29 is 18.8 Å². The van der Waals surface area contributed by atoms with E-state index in [-0.39, 0.29) is 36.1 Å². The van der Waals surface area contributed by atoms with Gasteiger partial charge in [-0.25, -0.2) is 8.78 Å². The monoisotopic (exact) mass is 300 g/mol. The van der Waals surface area contributed by atoms with Crippen molar-refractivity contribution in [3.05, 3.63) is 33.9 Å². The van der Waals surface area contributed by atoms with Crippen LogP contribution in [0, 0.1) is 10.1 Å². The van der Waals surface area contributed by atoms with Crippen molar-refractivity contribution in [2.45, 2.75) is 38.2 Å². The fourth-order valence-corrected chi connectivity index (χ4v) is 2.92. The molecule has 0 aliphatic heterocycles. The van der Waals surface area contributed by atoms with E-state index < -0.39 is 11.3 Å². The molecule has 0 aromatic heterocycles. The van der Waals surface area contributed by atoms with E-state index in [0.29, 0.717) is 0 Å². The minimum absolute atomic E-state index is 0.108. The summed E-state index contributed by atoms with van der Waals surface area (Å²) >= 11 is 0. The van der Waals surface area contributed by atoms with Crippen molar-refractivity contribution in [3.63, 3.8) is 0 Å². The molecule has 0 amide bonds. The Kier molecular flexibility index (Phi) is 5.06. The lowest BCUT2D eigenvalue weighted by Crippen LogP contribution is -2.36. The highest BCUT2D eigenvalue weighted by Gasteiger charge is 2.27. The van der Waals surface area contributed by atoms with Crippen LogP contribution < -0.4 is 4.90 Å². The Morgan fingerprint density at radius 2 is 2.05 bits per heavy atom. The van der Waals surface area contributed by atoms with Crippen LogP contribution in [0.5, 0.6) is 0 Å². The molecule has 0 heterocycles. The zero-order valence-electron chi connectivity index (χ0n) is 11.5. The number of aliphatic hydroxyl groups is 1. The van der Waals surface area contributed by atoms with Gasteiger partial charge in [0, 0.05) is 36.0 Å². The summed E-state index contributed by atoms with van der Waals surface area (Å²) < 4.78 is 26.5. The Balaban J connectivity index is 2.40. The van der Waals surface area contributed by atoms with E-state index in [2.05, 4.69) is 0 Å². The zero-order valence-corrected chi connectivity index (χ0v) is 11.5. The highest BCUT2D eigenvalue weighted by Crippen LogP contribution is 2.36. The van der Waals surface area contributed by atoms with Gasteiger partial charge in [-0.2, -0.15) is 0 Å². The molecule has 7 heteroatoms. The van der Waals surface area contributed by atoms with Gasteiger partial charge in [0.2, 0.25) is 0 Å². The highest BCUT2D eigenvalue weighted by molar-refractivity contribution is 5.59. The molecule has 0 unspecified atom stereocenters. The first-order valence-electron chi connectivity index (χ1n) is 6.98. The second kappa shape index (κ2) is 6.80. The fraction of sp³-hybridized carbons (Fsp3) is 0.571. The van der Waals surface area contributed by atoms with Crippen LogP contribution in [0.2, 0.25) is 0 Å². The largest absolute Gasteiger partial charge is 0.395 e. The zero-order chi connectivity index (χ0) is 15.4. The van der Waals surface area contributed by atoms with E-state index in [1.165, 1.54) is 12.1 Å². The fourth-order valence-electron chi connectivity index (χ4n) is 2.92. The van der Waals surface area contributed by atoms with Crippen molar-refractivity contribution in [1.29, 1.82) is 0 Å². The second-order valence-corrected chi connectivity index (χ2v) is 5.16. The first-order chi connectivity index (χ1) is 10.0. The Bertz CT molecular complexity index is 505. The van der Waals surface area contributed by atoms with Gasteiger partial charge >= 0.3 is 0 Å². The average molecular weight is 300 g/mol. The number of hydrogen-bond donors (Lipinski definition) is 1. The van der Waals surface area contributed by atoms with Gasteiger partial charge in [-0.05, 0) is 18.9 Å². The number of nitro benzene ring substituents is 1. The third kappa shape index (κ3) is 3.47. The summed E-state index contributed by atoms with van der Waals surface area (Å²) in [6.45, 7) is 0.109. The number of aliphatic hydroxyl groups excluding tert-OH is 1. The number of non-ortho nitro benzene ring substituents is 1. The standard InChI is InChI=1S/C14H18F2N2O3/c15-14(16)12-9-11(18(20)21)5-6-13(12)17(7-8-19)10-3-1-2-4-10/h5-6,9-10,14,19H,1-4,7-8H2. The number of halogens is 2. The molecule has 0 atom stereocenters. The molecule has 1 saturated carbocycles. The Morgan fingerprint density at radius 3 is 2.57 bits per heavy atom. The molecule has 0 saturated heterocycles. The van der Waals surface area contributed by atoms with E-state index in [1.54, 1.807) is 4.90 Å². The quantitative estimate of drug-likeness (QED) is 0.647. The summed E-state index contributed by atoms with van der Waals surface area (Å²) in [4.78, 5) is 11.8. The molecule has 0 spiro atoms. The Labute approximate surface area is 121 Å². The number of anilines is 1. The molecule has 1 N–H and O–H groups in total. The van der Waals surface area contributed by atoms with Crippen LogP contribution in [0.4, 0.5) is 20.2 Å². The van der Waals surface area contributed by atoms with Crippen LogP contribution in [0.15, 0.2) is 18.2 Å². The van der Waals surface area contributed by atoms with E-state index in [1.807, 2.05) is 0 Å². The summed E-state index contributed by atoms with van der Waals surface area (Å²) in [7, 11) is 0. The van der Waals surface area contributed by atoms with E-state index in [9.17, 15) is 24.0 Å². The lowest BCUT2D eigenvalue weighted by Gasteiger charge is -2.32. The Hall–Kier alpha value is -1.76. The van der Waals surface area contributed by atoms with E-state index in [4.69, 9.17) is 0 Å². The molecule has 2 rings (SSSR count). The van der Waals surface area contributed by atoms with Gasteiger partial charge in [0.25, 0.3) is 12.1 Å². The van der Waals surface area contributed by atoms with E-state index in [0.717, 1.165) is 31.7 Å². The molecule has 1 aliphatic carbocycles. The summed E-state index contributed by atoms with van der Waals surface area (Å²) in [6, 6.07) is 3.64. The van der Waals surface area contributed by atoms with Crippen LogP contribution in [-0.4, -0.2) is 29.2 Å². The van der Waals surface area contributed by atoms with Crippen LogP contribution in [0.25, 0.3) is 0 Å². The molecule has 21 heavy (non-hydrogen) atoms. The predicted molar refractivity (Wildman–Crippen MR) is 74.7 cm³/mol. The van der Waals surface area contributed by atoms with Gasteiger partial charge in [-0.3, -0.25) is 10.1 Å². The van der Waals surface area contributed by atoms with Crippen LogP contribution in [0.1, 0.15) is 37.7 Å². The predicted octanol–water partition coefficient (Wildman–Crippen LogP) is 3.27. The topological polar surface area (TPSA) is 66.6 Å². The Morgan fingerprint density at radius 1 is 1.38 bits per heavy atom. The van der Waals surface area contributed by atoms with Crippen LogP contribution in [0.3, 0.4) is 0 Å². The SMILES string of the molecule is O=[N+]([O-])c1ccc(N(CCO)C2CCCC2)c(C(F)F)c1. The number of alkyl halides is 2. The summed E-state index contributed by atoms with van der Waals surface area (Å²) in [5.74, 6) is 0. The van der Waals surface area contributed by atoms with E-state index >= 15 is 0 Å². The molecular weight excluding hydrogens is 282 g/mol. The smallest absolute Gasteiger partial charge is 0.270 e. The molecule has 0 bridgehead atoms. The maximum atomic E-state index is 13.2. The first-order valence-corrected chi connectivity index (χ1v) is 6.98. The highest BCUT2D eigenvalue weighted by atomic mass is 19.3. The van der Waals surface area contributed by atoms with Crippen molar-refractivity contribution in [3.8, 4) is 0 Å². The van der Waals surface area contributed by atoms with Gasteiger partial charge in [-0.15, -0.1) is 0 Å². The van der Waals surface area contributed by atoms with Gasteiger partial charge in [-0.1, -0.05) is 12.8 Å². The molecular formula is C14H18F2N2O3. The minimum Gasteiger partial charge on any atom is -0.395 e. The van der Waals surface area contributed by atoms with Gasteiger partial charge < -0.3 is 10.0 Å². The van der Waals surface area contributed by atoms with Crippen LogP contribution >= 0.6 is 0 Å². The average Bonchev–Trinajstić information content (AvgIpc) is 2.98. The second-order valence-electron chi connectivity index (χ2n) is 5.16. The minimum atomic E-state index is -2.79. The van der Waals surface area contributed by atoms with Crippen molar-refractivity contribution in [2.24, 2.45) is 0 Å². The number of nitro groups is 1. The summed E-state index contributed by atoms with van der Waals surface area (Å²) in [6.07, 6.45) is 1.05. The third-order valence-corrected chi connectivity index (χ3v) is 3.87. The third-order valence-electron chi connectivity index (χ3n) is 3.87.